The maximum atomic E-state index is 2.47. The fourth-order valence-electron chi connectivity index (χ4n) is 10.3. The predicted molar refractivity (Wildman–Crippen MR) is 229 cm³/mol. The minimum absolute atomic E-state index is 0.543. The van der Waals surface area contributed by atoms with E-state index in [9.17, 15) is 0 Å². The third-order valence-electron chi connectivity index (χ3n) is 12.5. The second-order valence-electron chi connectivity index (χ2n) is 15.1. The summed E-state index contributed by atoms with van der Waals surface area (Å²) >= 11 is 0. The fourth-order valence-corrected chi connectivity index (χ4v) is 10.3. The Bertz CT molecular complexity index is 3020. The quantitative estimate of drug-likeness (QED) is 0.178. The van der Waals surface area contributed by atoms with Gasteiger partial charge in [0.15, 0.2) is 0 Å². The maximum absolute atomic E-state index is 2.47. The van der Waals surface area contributed by atoms with E-state index in [1.165, 1.54) is 88.7 Å². The first-order valence-electron chi connectivity index (χ1n) is 19.3. The summed E-state index contributed by atoms with van der Waals surface area (Å²) in [5, 5.41) is 2.45. The lowest BCUT2D eigenvalue weighted by Gasteiger charge is -2.36. The lowest BCUT2D eigenvalue weighted by atomic mass is 9.65. The van der Waals surface area contributed by atoms with E-state index in [1.807, 2.05) is 0 Å². The Kier molecular flexibility index (Phi) is 6.39. The van der Waals surface area contributed by atoms with Crippen molar-refractivity contribution in [2.45, 2.75) is 11.8 Å². The molecular formula is C54H35N. The van der Waals surface area contributed by atoms with Crippen LogP contribution in [0.3, 0.4) is 0 Å². The van der Waals surface area contributed by atoms with Crippen LogP contribution in [0, 0.1) is 0 Å². The van der Waals surface area contributed by atoms with Gasteiger partial charge in [0, 0.05) is 16.8 Å². The molecule has 0 saturated heterocycles. The number of hydrogen-bond donors (Lipinski definition) is 0. The molecule has 1 heteroatoms. The normalized spacial score (nSPS) is 15.3. The topological polar surface area (TPSA) is 3.24 Å². The summed E-state index contributed by atoms with van der Waals surface area (Å²) in [5.41, 5.74) is 21.6. The molecule has 1 spiro atoms. The van der Waals surface area contributed by atoms with E-state index in [-0.39, 0.29) is 0 Å². The van der Waals surface area contributed by atoms with Gasteiger partial charge in [-0.3, -0.25) is 0 Å². The number of fused-ring (bicyclic) bond motifs is 17. The molecule has 0 saturated carbocycles. The molecule has 9 aromatic rings. The van der Waals surface area contributed by atoms with Crippen molar-refractivity contribution in [2.75, 3.05) is 4.90 Å². The molecule has 0 bridgehead atoms. The van der Waals surface area contributed by atoms with Crippen LogP contribution in [0.5, 0.6) is 0 Å². The molecule has 1 atom stereocenters. The number of nitrogens with zero attached hydrogens (tertiary/aromatic N) is 1. The Balaban J connectivity index is 1.21. The van der Waals surface area contributed by atoms with Crippen LogP contribution in [0.2, 0.25) is 0 Å². The summed E-state index contributed by atoms with van der Waals surface area (Å²) in [5.74, 6) is 0. The van der Waals surface area contributed by atoms with E-state index in [1.54, 1.807) is 0 Å². The van der Waals surface area contributed by atoms with Crippen molar-refractivity contribution in [3.63, 3.8) is 0 Å². The van der Waals surface area contributed by atoms with Crippen LogP contribution in [0.1, 0.15) is 33.4 Å². The Morgan fingerprint density at radius 3 is 1.78 bits per heavy atom. The third kappa shape index (κ3) is 4.13. The van der Waals surface area contributed by atoms with E-state index in [0.29, 0.717) is 0 Å². The molecule has 1 unspecified atom stereocenters. The van der Waals surface area contributed by atoms with Crippen molar-refractivity contribution >= 4 is 27.8 Å². The summed E-state index contributed by atoms with van der Waals surface area (Å²) in [6, 6.07) is 74.9. The van der Waals surface area contributed by atoms with Gasteiger partial charge in [0.2, 0.25) is 0 Å². The van der Waals surface area contributed by atoms with Gasteiger partial charge in [-0.1, -0.05) is 170 Å². The van der Waals surface area contributed by atoms with Gasteiger partial charge in [0.25, 0.3) is 0 Å². The van der Waals surface area contributed by atoms with Crippen LogP contribution in [0.15, 0.2) is 200 Å². The van der Waals surface area contributed by atoms with E-state index in [0.717, 1.165) is 23.5 Å². The molecular weight excluding hydrogens is 663 g/mol. The van der Waals surface area contributed by atoms with Gasteiger partial charge in [-0.15, -0.1) is 0 Å². The number of para-hydroxylation sites is 1. The second-order valence-corrected chi connectivity index (χ2v) is 15.1. The largest absolute Gasteiger partial charge is 0.310 e. The molecule has 55 heavy (non-hydrogen) atoms. The highest BCUT2D eigenvalue weighted by atomic mass is 15.1. The highest BCUT2D eigenvalue weighted by Gasteiger charge is 2.51. The summed E-state index contributed by atoms with van der Waals surface area (Å²) in [4.78, 5) is 2.44. The van der Waals surface area contributed by atoms with Gasteiger partial charge in [0.05, 0.1) is 11.1 Å². The van der Waals surface area contributed by atoms with Crippen molar-refractivity contribution in [1.82, 2.24) is 0 Å². The first-order chi connectivity index (χ1) is 27.3. The summed E-state index contributed by atoms with van der Waals surface area (Å²) in [6.45, 7) is 0. The summed E-state index contributed by atoms with van der Waals surface area (Å²) in [7, 11) is 0. The Morgan fingerprint density at radius 2 is 0.945 bits per heavy atom. The molecule has 9 aromatic carbocycles. The minimum Gasteiger partial charge on any atom is -0.310 e. The molecule has 0 fully saturated rings. The number of anilines is 3. The standard InChI is InChI=1S/C54H35N/c1-2-18-38(19-3-1)55(51-28-14-17-35-15-4-6-20-40(35)51)39-30-32-49-46(34-39)43-23-9-8-22-42(43)44-24-10-12-26-47(44)54(49)48-27-13-11-25-45(48)53-50(54)31-29-37-33-36-16-5-7-21-41(36)52(37)53/h1-32,34H,33H2. The fraction of sp³-hybridized carbons (Fsp3) is 0.0370. The molecule has 3 aliphatic carbocycles. The van der Waals surface area contributed by atoms with Crippen molar-refractivity contribution in [2.24, 2.45) is 0 Å². The molecule has 0 N–H and O–H groups in total. The maximum Gasteiger partial charge on any atom is 0.0725 e. The lowest BCUT2D eigenvalue weighted by molar-refractivity contribution is 0.775. The zero-order valence-corrected chi connectivity index (χ0v) is 30.2. The summed E-state index contributed by atoms with van der Waals surface area (Å²) in [6.07, 6.45) is 0.972. The number of hydrogen-bond acceptors (Lipinski definition) is 1. The van der Waals surface area contributed by atoms with Crippen molar-refractivity contribution in [3.05, 3.63) is 234 Å². The van der Waals surface area contributed by atoms with Crippen LogP contribution < -0.4 is 4.90 Å². The van der Waals surface area contributed by atoms with E-state index in [2.05, 4.69) is 205 Å². The second kappa shape index (κ2) is 11.5. The first-order valence-corrected chi connectivity index (χ1v) is 19.3. The van der Waals surface area contributed by atoms with Gasteiger partial charge in [-0.25, -0.2) is 0 Å². The van der Waals surface area contributed by atoms with Crippen LogP contribution in [-0.4, -0.2) is 0 Å². The number of benzene rings is 9. The predicted octanol–water partition coefficient (Wildman–Crippen LogP) is 13.9. The zero-order chi connectivity index (χ0) is 36.1. The average molecular weight is 698 g/mol. The molecule has 12 rings (SSSR count). The van der Waals surface area contributed by atoms with E-state index >= 15 is 0 Å². The van der Waals surface area contributed by atoms with Crippen LogP contribution in [-0.2, 0) is 11.8 Å². The third-order valence-corrected chi connectivity index (χ3v) is 12.5. The monoisotopic (exact) mass is 697 g/mol. The molecule has 1 nitrogen and oxygen atoms in total. The smallest absolute Gasteiger partial charge is 0.0725 e. The van der Waals surface area contributed by atoms with Crippen molar-refractivity contribution < 1.29 is 0 Å². The van der Waals surface area contributed by atoms with E-state index in [4.69, 9.17) is 0 Å². The molecule has 0 aliphatic heterocycles. The van der Waals surface area contributed by atoms with E-state index < -0.39 is 5.41 Å². The Hall–Kier alpha value is -6.96. The lowest BCUT2D eigenvalue weighted by Crippen LogP contribution is -2.29. The molecule has 0 amide bonds. The highest BCUT2D eigenvalue weighted by Crippen LogP contribution is 2.64. The average Bonchev–Trinajstić information content (AvgIpc) is 3.75. The molecule has 0 aromatic heterocycles. The van der Waals surface area contributed by atoms with Crippen LogP contribution >= 0.6 is 0 Å². The molecule has 0 radical (unpaired) electrons. The molecule has 3 aliphatic rings. The highest BCUT2D eigenvalue weighted by molar-refractivity contribution is 6.04. The minimum atomic E-state index is -0.543. The van der Waals surface area contributed by atoms with Gasteiger partial charge in [-0.05, 0) is 120 Å². The first kappa shape index (κ1) is 30.5. The Morgan fingerprint density at radius 1 is 0.345 bits per heavy atom. The van der Waals surface area contributed by atoms with Gasteiger partial charge >= 0.3 is 0 Å². The van der Waals surface area contributed by atoms with Gasteiger partial charge < -0.3 is 4.90 Å². The SMILES string of the molecule is c1ccc(N(c2ccc3c(c2)-c2ccccc2-c2ccccc2C32c3ccccc3-c3c2ccc2c3-c3ccccc3C2)c2cccc3ccccc23)cc1. The van der Waals surface area contributed by atoms with Crippen LogP contribution in [0.25, 0.3) is 55.3 Å². The summed E-state index contributed by atoms with van der Waals surface area (Å²) < 4.78 is 0. The van der Waals surface area contributed by atoms with Crippen molar-refractivity contribution in [3.8, 4) is 44.5 Å². The van der Waals surface area contributed by atoms with Gasteiger partial charge in [0.1, 0.15) is 0 Å². The molecule has 256 valence electrons. The Labute approximate surface area is 321 Å². The number of rotatable bonds is 3. The van der Waals surface area contributed by atoms with Gasteiger partial charge in [-0.2, -0.15) is 0 Å². The molecule has 0 heterocycles. The van der Waals surface area contributed by atoms with Crippen LogP contribution in [0.4, 0.5) is 17.1 Å². The van der Waals surface area contributed by atoms with Crippen molar-refractivity contribution in [1.29, 1.82) is 0 Å². The zero-order valence-electron chi connectivity index (χ0n) is 30.2.